The number of nitrogens with one attached hydrogen (secondary N) is 1. The van der Waals surface area contributed by atoms with Crippen LogP contribution in [0.4, 0.5) is 19.0 Å². The molecule has 1 atom stereocenters. The van der Waals surface area contributed by atoms with Crippen LogP contribution in [0.1, 0.15) is 34.0 Å². The second-order valence-corrected chi connectivity index (χ2v) is 8.38. The maximum absolute atomic E-state index is 13.7. The molecule has 0 aliphatic carbocycles. The second kappa shape index (κ2) is 10.6. The number of fused-ring (bicyclic) bond motifs is 1. The van der Waals surface area contributed by atoms with Crippen molar-refractivity contribution in [3.63, 3.8) is 0 Å². The zero-order chi connectivity index (χ0) is 26.7. The van der Waals surface area contributed by atoms with Crippen molar-refractivity contribution in [2.45, 2.75) is 18.7 Å². The number of aromatic nitrogens is 4. The number of carbonyl (C=O) groups is 1. The number of amides is 1. The van der Waals surface area contributed by atoms with Gasteiger partial charge in [-0.05, 0) is 36.2 Å². The molecular formula is C24H22ClF3N6O3. The van der Waals surface area contributed by atoms with Crippen molar-refractivity contribution in [2.75, 3.05) is 26.5 Å². The molecule has 0 fully saturated rings. The van der Waals surface area contributed by atoms with Crippen LogP contribution in [-0.2, 0) is 10.9 Å². The summed E-state index contributed by atoms with van der Waals surface area (Å²) in [5.41, 5.74) is 5.48. The highest BCUT2D eigenvalue weighted by molar-refractivity contribution is 6.30. The van der Waals surface area contributed by atoms with Crippen LogP contribution in [0.2, 0.25) is 5.02 Å². The number of halogens is 4. The largest absolute Gasteiger partial charge is 0.480 e. The van der Waals surface area contributed by atoms with Crippen molar-refractivity contribution >= 4 is 28.8 Å². The number of anilines is 1. The normalized spacial score (nSPS) is 12.5. The van der Waals surface area contributed by atoms with Gasteiger partial charge in [-0.15, -0.1) is 0 Å². The first-order chi connectivity index (χ1) is 17.6. The molecule has 0 aliphatic heterocycles. The van der Waals surface area contributed by atoms with Gasteiger partial charge in [0.1, 0.15) is 17.4 Å². The van der Waals surface area contributed by atoms with Crippen molar-refractivity contribution in [1.29, 1.82) is 0 Å². The molecule has 0 radical (unpaired) electrons. The topological polar surface area (TPSA) is 117 Å². The Kier molecular flexibility index (Phi) is 7.50. The standard InChI is InChI=1S/C24H22ClF3N6O3/c1-36-19(13-3-5-15(25)6-4-13)7-8-30-22(35)16-9-14(11-31-23(16)37-2)18-10-17(24(26,27)28)20-21(29)32-12-33-34(18)20/h3-6,9-12,19H,7-8H2,1-2H3,(H,30,35)(H2,29,32,33)/t19-/m0/s1. The van der Waals surface area contributed by atoms with Gasteiger partial charge in [0, 0.05) is 30.4 Å². The molecule has 1 amide bonds. The highest BCUT2D eigenvalue weighted by Gasteiger charge is 2.36. The Hall–Kier alpha value is -3.90. The van der Waals surface area contributed by atoms with E-state index in [1.807, 2.05) is 12.1 Å². The van der Waals surface area contributed by atoms with E-state index in [2.05, 4.69) is 20.4 Å². The molecule has 3 heterocycles. The Balaban J connectivity index is 1.61. The molecule has 4 rings (SSSR count). The number of benzene rings is 1. The molecular weight excluding hydrogens is 513 g/mol. The Morgan fingerprint density at radius 2 is 1.92 bits per heavy atom. The highest BCUT2D eigenvalue weighted by atomic mass is 35.5. The van der Waals surface area contributed by atoms with Gasteiger partial charge in [0.05, 0.1) is 24.5 Å². The first kappa shape index (κ1) is 26.2. The van der Waals surface area contributed by atoms with Crippen molar-refractivity contribution in [3.8, 4) is 17.1 Å². The number of rotatable bonds is 8. The summed E-state index contributed by atoms with van der Waals surface area (Å²) < 4.78 is 52.8. The van der Waals surface area contributed by atoms with Gasteiger partial charge in [0.15, 0.2) is 5.82 Å². The third-order valence-electron chi connectivity index (χ3n) is 5.69. The average molecular weight is 535 g/mol. The number of hydrogen-bond donors (Lipinski definition) is 2. The van der Waals surface area contributed by atoms with E-state index in [9.17, 15) is 18.0 Å². The number of nitrogens with zero attached hydrogens (tertiary/aromatic N) is 4. The summed E-state index contributed by atoms with van der Waals surface area (Å²) in [5, 5.41) is 7.30. The van der Waals surface area contributed by atoms with Gasteiger partial charge in [0.2, 0.25) is 5.88 Å². The summed E-state index contributed by atoms with van der Waals surface area (Å²) >= 11 is 5.94. The molecule has 0 saturated heterocycles. The van der Waals surface area contributed by atoms with Crippen LogP contribution in [0.25, 0.3) is 16.8 Å². The predicted molar refractivity (Wildman–Crippen MR) is 130 cm³/mol. The molecule has 4 aromatic rings. The summed E-state index contributed by atoms with van der Waals surface area (Å²) in [4.78, 5) is 20.8. The number of nitrogens with two attached hydrogens (primary N) is 1. The van der Waals surface area contributed by atoms with Crippen LogP contribution in [0, 0.1) is 0 Å². The molecule has 0 aliphatic rings. The first-order valence-corrected chi connectivity index (χ1v) is 11.3. The Morgan fingerprint density at radius 1 is 1.19 bits per heavy atom. The fourth-order valence-corrected chi connectivity index (χ4v) is 4.04. The number of pyridine rings is 1. The summed E-state index contributed by atoms with van der Waals surface area (Å²) in [6.07, 6.45) is -2.21. The second-order valence-electron chi connectivity index (χ2n) is 7.95. The molecule has 3 N–H and O–H groups in total. The number of alkyl halides is 3. The molecule has 1 aromatic carbocycles. The third-order valence-corrected chi connectivity index (χ3v) is 5.94. The summed E-state index contributed by atoms with van der Waals surface area (Å²) in [7, 11) is 2.90. The minimum Gasteiger partial charge on any atom is -0.480 e. The molecule has 0 unspecified atom stereocenters. The molecule has 0 saturated carbocycles. The Bertz CT molecular complexity index is 1430. The van der Waals surface area contributed by atoms with E-state index < -0.39 is 17.6 Å². The van der Waals surface area contributed by atoms with Crippen LogP contribution in [0.3, 0.4) is 0 Å². The maximum Gasteiger partial charge on any atom is 0.418 e. The average Bonchev–Trinajstić information content (AvgIpc) is 3.28. The van der Waals surface area contributed by atoms with E-state index in [4.69, 9.17) is 26.8 Å². The molecule has 9 nitrogen and oxygen atoms in total. The molecule has 0 spiro atoms. The lowest BCUT2D eigenvalue weighted by Crippen LogP contribution is -2.26. The quantitative estimate of drug-likeness (QED) is 0.340. The van der Waals surface area contributed by atoms with Gasteiger partial charge in [-0.3, -0.25) is 4.79 Å². The van der Waals surface area contributed by atoms with E-state index in [0.717, 1.165) is 22.5 Å². The summed E-state index contributed by atoms with van der Waals surface area (Å²) in [6, 6.07) is 9.44. The fourth-order valence-electron chi connectivity index (χ4n) is 3.92. The monoisotopic (exact) mass is 534 g/mol. The lowest BCUT2D eigenvalue weighted by atomic mass is 10.1. The van der Waals surface area contributed by atoms with Gasteiger partial charge in [-0.25, -0.2) is 14.5 Å². The smallest absolute Gasteiger partial charge is 0.418 e. The summed E-state index contributed by atoms with van der Waals surface area (Å²) in [6.45, 7) is 0.239. The van der Waals surface area contributed by atoms with Gasteiger partial charge in [-0.1, -0.05) is 23.7 Å². The van der Waals surface area contributed by atoms with Crippen LogP contribution in [0.15, 0.2) is 48.9 Å². The number of methoxy groups -OCH3 is 2. The van der Waals surface area contributed by atoms with E-state index in [-0.39, 0.29) is 46.7 Å². The third kappa shape index (κ3) is 5.44. The van der Waals surface area contributed by atoms with Gasteiger partial charge < -0.3 is 20.5 Å². The van der Waals surface area contributed by atoms with Gasteiger partial charge in [-0.2, -0.15) is 18.3 Å². The van der Waals surface area contributed by atoms with Crippen molar-refractivity contribution in [1.82, 2.24) is 24.9 Å². The lowest BCUT2D eigenvalue weighted by molar-refractivity contribution is -0.136. The number of hydrogen-bond acceptors (Lipinski definition) is 7. The highest BCUT2D eigenvalue weighted by Crippen LogP contribution is 2.39. The zero-order valence-corrected chi connectivity index (χ0v) is 20.5. The maximum atomic E-state index is 13.7. The zero-order valence-electron chi connectivity index (χ0n) is 19.7. The van der Waals surface area contributed by atoms with Crippen LogP contribution in [-0.4, -0.2) is 46.3 Å². The van der Waals surface area contributed by atoms with Crippen LogP contribution in [0.5, 0.6) is 5.88 Å². The minimum absolute atomic E-state index is 0.00768. The molecule has 194 valence electrons. The predicted octanol–water partition coefficient (Wildman–Crippen LogP) is 4.56. The lowest BCUT2D eigenvalue weighted by Gasteiger charge is -2.16. The van der Waals surface area contributed by atoms with Crippen molar-refractivity contribution < 1.29 is 27.4 Å². The van der Waals surface area contributed by atoms with Crippen molar-refractivity contribution in [2.24, 2.45) is 0 Å². The molecule has 0 bridgehead atoms. The molecule has 3 aromatic heterocycles. The Morgan fingerprint density at radius 3 is 2.57 bits per heavy atom. The van der Waals surface area contributed by atoms with Crippen LogP contribution >= 0.6 is 11.6 Å². The van der Waals surface area contributed by atoms with Crippen molar-refractivity contribution in [3.05, 3.63) is 70.6 Å². The van der Waals surface area contributed by atoms with E-state index in [1.165, 1.54) is 19.4 Å². The fraction of sp³-hybridized carbons (Fsp3) is 0.250. The summed E-state index contributed by atoms with van der Waals surface area (Å²) in [5.74, 6) is -0.849. The minimum atomic E-state index is -4.70. The molecule has 13 heteroatoms. The SMILES string of the molecule is COc1ncc(-c2cc(C(F)(F)F)c3c(N)ncnn23)cc1C(=O)NCC[C@H](OC)c1ccc(Cl)cc1. The number of ether oxygens (including phenoxy) is 2. The first-order valence-electron chi connectivity index (χ1n) is 10.9. The number of carbonyl (C=O) groups excluding carboxylic acids is 1. The van der Waals surface area contributed by atoms with E-state index in [0.29, 0.717) is 11.4 Å². The van der Waals surface area contributed by atoms with Gasteiger partial charge >= 0.3 is 6.18 Å². The Labute approximate surface area is 214 Å². The molecule has 37 heavy (non-hydrogen) atoms. The number of nitrogen functional groups attached to an aromatic ring is 1. The van der Waals surface area contributed by atoms with Gasteiger partial charge in [0.25, 0.3) is 5.91 Å². The van der Waals surface area contributed by atoms with E-state index in [1.54, 1.807) is 19.2 Å². The van der Waals surface area contributed by atoms with E-state index >= 15 is 0 Å². The van der Waals surface area contributed by atoms with Crippen LogP contribution < -0.4 is 15.8 Å².